The van der Waals surface area contributed by atoms with Crippen LogP contribution in [-0.2, 0) is 0 Å². The second-order valence-electron chi connectivity index (χ2n) is 5.52. The van der Waals surface area contributed by atoms with Crippen LogP contribution in [0.3, 0.4) is 0 Å². The van der Waals surface area contributed by atoms with Gasteiger partial charge in [0.1, 0.15) is 0 Å². The highest BCUT2D eigenvalue weighted by Crippen LogP contribution is 2.31. The number of hydrogen-bond donors (Lipinski definition) is 1. The average Bonchev–Trinajstić information content (AvgIpc) is 2.38. The summed E-state index contributed by atoms with van der Waals surface area (Å²) < 4.78 is 1.15. The van der Waals surface area contributed by atoms with Crippen molar-refractivity contribution in [3.63, 3.8) is 0 Å². The summed E-state index contributed by atoms with van der Waals surface area (Å²) >= 11 is 3.61. The van der Waals surface area contributed by atoms with Crippen LogP contribution < -0.4 is 10.2 Å². The molecule has 0 radical (unpaired) electrons. The Morgan fingerprint density at radius 1 is 1.37 bits per heavy atom. The molecule has 4 heteroatoms. The van der Waals surface area contributed by atoms with Crippen molar-refractivity contribution in [2.75, 3.05) is 38.6 Å². The monoisotopic (exact) mass is 325 g/mol. The van der Waals surface area contributed by atoms with Gasteiger partial charge in [-0.1, -0.05) is 22.0 Å². The number of anilines is 1. The Kier molecular flexibility index (Phi) is 4.87. The van der Waals surface area contributed by atoms with Gasteiger partial charge in [0.05, 0.1) is 0 Å². The van der Waals surface area contributed by atoms with E-state index in [4.69, 9.17) is 0 Å². The van der Waals surface area contributed by atoms with Gasteiger partial charge in [-0.15, -0.1) is 0 Å². The number of nitrogens with zero attached hydrogens (tertiary/aromatic N) is 2. The van der Waals surface area contributed by atoms with Crippen molar-refractivity contribution in [2.24, 2.45) is 0 Å². The van der Waals surface area contributed by atoms with Crippen molar-refractivity contribution in [3.05, 3.63) is 28.2 Å². The van der Waals surface area contributed by atoms with Gasteiger partial charge in [0.15, 0.2) is 0 Å². The highest BCUT2D eigenvalue weighted by atomic mass is 79.9. The van der Waals surface area contributed by atoms with Crippen molar-refractivity contribution in [1.29, 1.82) is 0 Å². The molecule has 0 amide bonds. The molecule has 2 unspecified atom stereocenters. The molecule has 1 aliphatic rings. The molecule has 3 nitrogen and oxygen atoms in total. The normalized spacial score (nSPS) is 22.6. The quantitative estimate of drug-likeness (QED) is 0.921. The molecule has 1 aromatic carbocycles. The maximum Gasteiger partial charge on any atom is 0.0429 e. The Bertz CT molecular complexity index is 435. The van der Waals surface area contributed by atoms with E-state index in [2.05, 4.69) is 70.1 Å². The average molecular weight is 326 g/mol. The minimum absolute atomic E-state index is 0.370. The minimum atomic E-state index is 0.370. The largest absolute Gasteiger partial charge is 0.366 e. The fourth-order valence-electron chi connectivity index (χ4n) is 2.78. The van der Waals surface area contributed by atoms with Crippen LogP contribution in [0.5, 0.6) is 0 Å². The molecule has 1 aliphatic heterocycles. The van der Waals surface area contributed by atoms with Gasteiger partial charge in [-0.3, -0.25) is 0 Å². The highest BCUT2D eigenvalue weighted by molar-refractivity contribution is 9.10. The molecule has 106 valence electrons. The number of piperazine rings is 1. The zero-order valence-corrected chi connectivity index (χ0v) is 13.9. The Morgan fingerprint density at radius 3 is 2.74 bits per heavy atom. The summed E-state index contributed by atoms with van der Waals surface area (Å²) in [5.74, 6) is 0. The van der Waals surface area contributed by atoms with Crippen molar-refractivity contribution in [1.82, 2.24) is 10.2 Å². The molecule has 0 saturated carbocycles. The molecule has 1 heterocycles. The fourth-order valence-corrected chi connectivity index (χ4v) is 3.13. The van der Waals surface area contributed by atoms with Gasteiger partial charge in [-0.2, -0.15) is 0 Å². The molecule has 19 heavy (non-hydrogen) atoms. The first-order valence-electron chi connectivity index (χ1n) is 6.95. The topological polar surface area (TPSA) is 18.5 Å². The predicted octanol–water partition coefficient (Wildman–Crippen LogP) is 2.87. The van der Waals surface area contributed by atoms with Crippen LogP contribution in [0.1, 0.15) is 25.5 Å². The van der Waals surface area contributed by atoms with Crippen LogP contribution in [0.4, 0.5) is 5.69 Å². The molecule has 1 N–H and O–H groups in total. The molecule has 0 aliphatic carbocycles. The van der Waals surface area contributed by atoms with Crippen LogP contribution in [0.15, 0.2) is 22.7 Å². The molecule has 0 spiro atoms. The third-order valence-electron chi connectivity index (χ3n) is 4.03. The third kappa shape index (κ3) is 3.30. The number of hydrogen-bond acceptors (Lipinski definition) is 3. The van der Waals surface area contributed by atoms with E-state index >= 15 is 0 Å². The lowest BCUT2D eigenvalue weighted by molar-refractivity contribution is 0.275. The van der Waals surface area contributed by atoms with E-state index < -0.39 is 0 Å². The van der Waals surface area contributed by atoms with Gasteiger partial charge in [-0.25, -0.2) is 0 Å². The second kappa shape index (κ2) is 6.25. The summed E-state index contributed by atoms with van der Waals surface area (Å²) in [6, 6.07) is 7.54. The Hall–Kier alpha value is -0.580. The van der Waals surface area contributed by atoms with Gasteiger partial charge in [-0.05, 0) is 45.6 Å². The van der Waals surface area contributed by atoms with Crippen molar-refractivity contribution >= 4 is 21.6 Å². The number of halogens is 1. The van der Waals surface area contributed by atoms with Crippen molar-refractivity contribution < 1.29 is 0 Å². The molecular formula is C15H24BrN3. The SMILES string of the molecule is CNC(C)c1ccc(Br)cc1N1CCN(C)CC1C. The molecule has 1 saturated heterocycles. The van der Waals surface area contributed by atoms with Crippen LogP contribution in [0.2, 0.25) is 0 Å². The number of nitrogens with one attached hydrogen (secondary N) is 1. The van der Waals surface area contributed by atoms with Crippen molar-refractivity contribution in [2.45, 2.75) is 25.9 Å². The summed E-state index contributed by atoms with van der Waals surface area (Å²) in [4.78, 5) is 4.94. The van der Waals surface area contributed by atoms with Crippen LogP contribution in [-0.4, -0.2) is 44.7 Å². The van der Waals surface area contributed by atoms with Crippen LogP contribution in [0, 0.1) is 0 Å². The van der Waals surface area contributed by atoms with E-state index in [1.165, 1.54) is 11.3 Å². The molecule has 0 aromatic heterocycles. The first kappa shape index (κ1) is 14.8. The maximum atomic E-state index is 3.61. The van der Waals surface area contributed by atoms with Gasteiger partial charge >= 0.3 is 0 Å². The zero-order chi connectivity index (χ0) is 14.0. The summed E-state index contributed by atoms with van der Waals surface area (Å²) in [6.45, 7) is 7.87. The summed E-state index contributed by atoms with van der Waals surface area (Å²) in [5.41, 5.74) is 2.74. The van der Waals surface area contributed by atoms with Gasteiger partial charge in [0.25, 0.3) is 0 Å². The van der Waals surface area contributed by atoms with E-state index in [0.717, 1.165) is 24.1 Å². The lowest BCUT2D eigenvalue weighted by Gasteiger charge is -2.41. The number of rotatable bonds is 3. The summed E-state index contributed by atoms with van der Waals surface area (Å²) in [5, 5.41) is 3.35. The first-order chi connectivity index (χ1) is 9.02. The van der Waals surface area contributed by atoms with Gasteiger partial charge < -0.3 is 15.1 Å². The smallest absolute Gasteiger partial charge is 0.0429 e. The first-order valence-corrected chi connectivity index (χ1v) is 7.74. The number of likely N-dealkylation sites (N-methyl/N-ethyl adjacent to an activating group) is 1. The molecular weight excluding hydrogens is 302 g/mol. The number of benzene rings is 1. The lowest BCUT2D eigenvalue weighted by Crippen LogP contribution is -2.51. The lowest BCUT2D eigenvalue weighted by atomic mass is 10.0. The summed E-state index contributed by atoms with van der Waals surface area (Å²) in [7, 11) is 4.22. The maximum absolute atomic E-state index is 3.61. The van der Waals surface area contributed by atoms with E-state index in [1.54, 1.807) is 0 Å². The predicted molar refractivity (Wildman–Crippen MR) is 85.9 cm³/mol. The van der Waals surface area contributed by atoms with Crippen molar-refractivity contribution in [3.8, 4) is 0 Å². The molecule has 2 atom stereocenters. The van der Waals surface area contributed by atoms with E-state index in [0.29, 0.717) is 12.1 Å². The van der Waals surface area contributed by atoms with Gasteiger partial charge in [0, 0.05) is 41.9 Å². The minimum Gasteiger partial charge on any atom is -0.366 e. The van der Waals surface area contributed by atoms with E-state index in [9.17, 15) is 0 Å². The second-order valence-corrected chi connectivity index (χ2v) is 6.43. The van der Waals surface area contributed by atoms with Crippen LogP contribution >= 0.6 is 15.9 Å². The third-order valence-corrected chi connectivity index (χ3v) is 4.53. The molecule has 1 aromatic rings. The Morgan fingerprint density at radius 2 is 2.11 bits per heavy atom. The van der Waals surface area contributed by atoms with E-state index in [1.807, 2.05) is 7.05 Å². The Balaban J connectivity index is 2.34. The molecule has 2 rings (SSSR count). The standard InChI is InChI=1S/C15H24BrN3/c1-11-10-18(4)7-8-19(11)15-9-13(16)5-6-14(15)12(2)17-3/h5-6,9,11-12,17H,7-8,10H2,1-4H3. The fraction of sp³-hybridized carbons (Fsp3) is 0.600. The zero-order valence-electron chi connectivity index (χ0n) is 12.3. The Labute approximate surface area is 125 Å². The molecule has 0 bridgehead atoms. The van der Waals surface area contributed by atoms with Crippen LogP contribution in [0.25, 0.3) is 0 Å². The van der Waals surface area contributed by atoms with E-state index in [-0.39, 0.29) is 0 Å². The highest BCUT2D eigenvalue weighted by Gasteiger charge is 2.24. The molecule has 1 fully saturated rings. The summed E-state index contributed by atoms with van der Waals surface area (Å²) in [6.07, 6.45) is 0. The van der Waals surface area contributed by atoms with Gasteiger partial charge in [0.2, 0.25) is 0 Å².